The van der Waals surface area contributed by atoms with E-state index in [1.165, 1.54) is 18.4 Å². The minimum absolute atomic E-state index is 0.0219. The van der Waals surface area contributed by atoms with Crippen molar-refractivity contribution < 1.29 is 9.53 Å². The minimum Gasteiger partial charge on any atom is -0.495 e. The highest BCUT2D eigenvalue weighted by Crippen LogP contribution is 2.23. The fourth-order valence-corrected chi connectivity index (χ4v) is 2.25. The number of nitrogen functional groups attached to an aromatic ring is 1. The van der Waals surface area contributed by atoms with Crippen molar-refractivity contribution in [3.05, 3.63) is 59.2 Å². The van der Waals surface area contributed by atoms with Crippen molar-refractivity contribution in [2.75, 3.05) is 12.8 Å². The molecule has 0 saturated heterocycles. The maximum atomic E-state index is 12.4. The van der Waals surface area contributed by atoms with E-state index in [2.05, 4.69) is 6.92 Å². The van der Waals surface area contributed by atoms with Crippen LogP contribution in [0, 0.1) is 0 Å². The molecule has 3 heteroatoms. The molecule has 0 aromatic heterocycles. The standard InChI is InChI=1S/C18H21NO2/c1-3-4-5-13-6-8-14(9-7-13)18(20)15-10-11-17(21-2)16(19)12-15/h6-12H,3-5,19H2,1-2H3. The van der Waals surface area contributed by atoms with Crippen LogP contribution in [0.4, 0.5) is 5.69 Å². The van der Waals surface area contributed by atoms with E-state index < -0.39 is 0 Å². The van der Waals surface area contributed by atoms with Crippen molar-refractivity contribution in [2.45, 2.75) is 26.2 Å². The molecule has 0 aliphatic carbocycles. The second-order valence-corrected chi connectivity index (χ2v) is 5.09. The quantitative estimate of drug-likeness (QED) is 0.647. The largest absolute Gasteiger partial charge is 0.495 e. The molecular formula is C18H21NO2. The molecule has 0 atom stereocenters. The Bertz CT molecular complexity index is 618. The fourth-order valence-electron chi connectivity index (χ4n) is 2.25. The molecule has 0 fully saturated rings. The summed E-state index contributed by atoms with van der Waals surface area (Å²) < 4.78 is 5.10. The number of unbranched alkanes of at least 4 members (excludes halogenated alkanes) is 1. The highest BCUT2D eigenvalue weighted by Gasteiger charge is 2.11. The first-order chi connectivity index (χ1) is 10.2. The molecule has 21 heavy (non-hydrogen) atoms. The summed E-state index contributed by atoms with van der Waals surface area (Å²) in [5, 5.41) is 0. The zero-order valence-electron chi connectivity index (χ0n) is 12.6. The first kappa shape index (κ1) is 15.1. The number of nitrogens with two attached hydrogens (primary N) is 1. The van der Waals surface area contributed by atoms with Gasteiger partial charge in [-0.05, 0) is 36.6 Å². The molecule has 2 aromatic rings. The smallest absolute Gasteiger partial charge is 0.193 e. The van der Waals surface area contributed by atoms with Crippen LogP contribution >= 0.6 is 0 Å². The van der Waals surface area contributed by atoms with Gasteiger partial charge in [0.15, 0.2) is 5.78 Å². The molecule has 2 aromatic carbocycles. The normalized spacial score (nSPS) is 10.4. The van der Waals surface area contributed by atoms with Crippen LogP contribution in [0.25, 0.3) is 0 Å². The van der Waals surface area contributed by atoms with Crippen LogP contribution in [0.3, 0.4) is 0 Å². The Morgan fingerprint density at radius 3 is 2.33 bits per heavy atom. The van der Waals surface area contributed by atoms with Gasteiger partial charge in [-0.3, -0.25) is 4.79 Å². The van der Waals surface area contributed by atoms with Gasteiger partial charge in [0, 0.05) is 11.1 Å². The molecule has 3 nitrogen and oxygen atoms in total. The molecule has 0 amide bonds. The van der Waals surface area contributed by atoms with Crippen molar-refractivity contribution in [1.82, 2.24) is 0 Å². The Balaban J connectivity index is 2.17. The van der Waals surface area contributed by atoms with Gasteiger partial charge in [-0.15, -0.1) is 0 Å². The molecule has 0 heterocycles. The number of methoxy groups -OCH3 is 1. The van der Waals surface area contributed by atoms with Crippen molar-refractivity contribution in [3.8, 4) is 5.75 Å². The Kier molecular flexibility index (Phi) is 4.99. The number of carbonyl (C=O) groups excluding carboxylic acids is 1. The Hall–Kier alpha value is -2.29. The second kappa shape index (κ2) is 6.93. The van der Waals surface area contributed by atoms with Gasteiger partial charge in [-0.2, -0.15) is 0 Å². The van der Waals surface area contributed by atoms with Gasteiger partial charge < -0.3 is 10.5 Å². The summed E-state index contributed by atoms with van der Waals surface area (Å²) in [6.07, 6.45) is 3.40. The number of benzene rings is 2. The van der Waals surface area contributed by atoms with Gasteiger partial charge in [0.25, 0.3) is 0 Å². The van der Waals surface area contributed by atoms with Crippen LogP contribution in [0.15, 0.2) is 42.5 Å². The molecule has 0 unspecified atom stereocenters. The van der Waals surface area contributed by atoms with E-state index in [0.717, 1.165) is 6.42 Å². The van der Waals surface area contributed by atoms with Crippen molar-refractivity contribution in [1.29, 1.82) is 0 Å². The lowest BCUT2D eigenvalue weighted by molar-refractivity contribution is 0.103. The predicted molar refractivity (Wildman–Crippen MR) is 85.9 cm³/mol. The Morgan fingerprint density at radius 1 is 1.10 bits per heavy atom. The van der Waals surface area contributed by atoms with Crippen molar-refractivity contribution in [3.63, 3.8) is 0 Å². The number of hydrogen-bond acceptors (Lipinski definition) is 3. The average Bonchev–Trinajstić information content (AvgIpc) is 2.52. The second-order valence-electron chi connectivity index (χ2n) is 5.09. The van der Waals surface area contributed by atoms with Gasteiger partial charge in [-0.1, -0.05) is 37.6 Å². The van der Waals surface area contributed by atoms with E-state index in [0.29, 0.717) is 22.6 Å². The van der Waals surface area contributed by atoms with E-state index in [9.17, 15) is 4.79 Å². The van der Waals surface area contributed by atoms with Crippen LogP contribution in [-0.2, 0) is 6.42 Å². The summed E-state index contributed by atoms with van der Waals surface area (Å²) in [7, 11) is 1.56. The molecule has 0 spiro atoms. The number of carbonyl (C=O) groups is 1. The summed E-state index contributed by atoms with van der Waals surface area (Å²) in [5.41, 5.74) is 8.85. The van der Waals surface area contributed by atoms with Gasteiger partial charge in [0.05, 0.1) is 12.8 Å². The fraction of sp³-hybridized carbons (Fsp3) is 0.278. The van der Waals surface area contributed by atoms with Gasteiger partial charge in [-0.25, -0.2) is 0 Å². The highest BCUT2D eigenvalue weighted by atomic mass is 16.5. The first-order valence-electron chi connectivity index (χ1n) is 7.23. The summed E-state index contributed by atoms with van der Waals surface area (Å²) >= 11 is 0. The minimum atomic E-state index is -0.0219. The average molecular weight is 283 g/mol. The lowest BCUT2D eigenvalue weighted by Crippen LogP contribution is -2.03. The van der Waals surface area contributed by atoms with Crippen molar-refractivity contribution >= 4 is 11.5 Å². The van der Waals surface area contributed by atoms with E-state index in [1.807, 2.05) is 24.3 Å². The van der Waals surface area contributed by atoms with E-state index in [4.69, 9.17) is 10.5 Å². The van der Waals surface area contributed by atoms with Crippen LogP contribution in [0.1, 0.15) is 41.3 Å². The van der Waals surface area contributed by atoms with Crippen LogP contribution in [0.5, 0.6) is 5.75 Å². The van der Waals surface area contributed by atoms with Gasteiger partial charge >= 0.3 is 0 Å². The van der Waals surface area contributed by atoms with Crippen LogP contribution in [0.2, 0.25) is 0 Å². The third kappa shape index (κ3) is 3.63. The topological polar surface area (TPSA) is 52.3 Å². The van der Waals surface area contributed by atoms with Crippen LogP contribution in [-0.4, -0.2) is 12.9 Å². The van der Waals surface area contributed by atoms with E-state index in [-0.39, 0.29) is 5.78 Å². The predicted octanol–water partition coefficient (Wildman–Crippen LogP) is 3.85. The number of anilines is 1. The Morgan fingerprint density at radius 2 is 1.76 bits per heavy atom. The molecular weight excluding hydrogens is 262 g/mol. The monoisotopic (exact) mass is 283 g/mol. The summed E-state index contributed by atoms with van der Waals surface area (Å²) in [4.78, 5) is 12.4. The molecule has 110 valence electrons. The molecule has 0 radical (unpaired) electrons. The molecule has 0 aliphatic rings. The zero-order chi connectivity index (χ0) is 15.2. The third-order valence-corrected chi connectivity index (χ3v) is 3.53. The van der Waals surface area contributed by atoms with E-state index >= 15 is 0 Å². The van der Waals surface area contributed by atoms with E-state index in [1.54, 1.807) is 25.3 Å². The molecule has 2 N–H and O–H groups in total. The highest BCUT2D eigenvalue weighted by molar-refractivity contribution is 6.09. The van der Waals surface area contributed by atoms with Crippen molar-refractivity contribution in [2.24, 2.45) is 0 Å². The molecule has 0 aliphatic heterocycles. The maximum Gasteiger partial charge on any atom is 0.193 e. The first-order valence-corrected chi connectivity index (χ1v) is 7.23. The number of ether oxygens (including phenoxy) is 1. The summed E-state index contributed by atoms with van der Waals surface area (Å²) in [6.45, 7) is 2.17. The van der Waals surface area contributed by atoms with Gasteiger partial charge in [0.2, 0.25) is 0 Å². The third-order valence-electron chi connectivity index (χ3n) is 3.53. The number of hydrogen-bond donors (Lipinski definition) is 1. The number of aryl methyl sites for hydroxylation is 1. The lowest BCUT2D eigenvalue weighted by atomic mass is 10.00. The molecule has 2 rings (SSSR count). The molecule has 0 saturated carbocycles. The molecule has 0 bridgehead atoms. The Labute approximate surface area is 125 Å². The number of rotatable bonds is 6. The SMILES string of the molecule is CCCCc1ccc(C(=O)c2ccc(OC)c(N)c2)cc1. The summed E-state index contributed by atoms with van der Waals surface area (Å²) in [5.74, 6) is 0.563. The van der Waals surface area contributed by atoms with Crippen LogP contribution < -0.4 is 10.5 Å². The number of ketones is 1. The van der Waals surface area contributed by atoms with Gasteiger partial charge in [0.1, 0.15) is 5.75 Å². The zero-order valence-corrected chi connectivity index (χ0v) is 12.6. The maximum absolute atomic E-state index is 12.4. The summed E-state index contributed by atoms with van der Waals surface area (Å²) in [6, 6.07) is 12.9. The lowest BCUT2D eigenvalue weighted by Gasteiger charge is -2.07.